The number of nitrogens with zero attached hydrogens (tertiary/aromatic N) is 3. The van der Waals surface area contributed by atoms with Gasteiger partial charge in [0.05, 0.1) is 12.3 Å². The van der Waals surface area contributed by atoms with Crippen LogP contribution in [0.25, 0.3) is 11.6 Å². The van der Waals surface area contributed by atoms with Crippen molar-refractivity contribution in [2.45, 2.75) is 50.2 Å². The highest BCUT2D eigenvalue weighted by Crippen LogP contribution is 2.47. The van der Waals surface area contributed by atoms with Crippen molar-refractivity contribution < 1.29 is 45.0 Å². The summed E-state index contributed by atoms with van der Waals surface area (Å²) < 4.78 is 102. The third-order valence-electron chi connectivity index (χ3n) is 5.63. The maximum atomic E-state index is 14.7. The second-order valence-corrected chi connectivity index (χ2v) is 8.38. The van der Waals surface area contributed by atoms with Gasteiger partial charge < -0.3 is 19.2 Å². The lowest BCUT2D eigenvalue weighted by Gasteiger charge is -2.32. The van der Waals surface area contributed by atoms with Crippen LogP contribution in [0.15, 0.2) is 59.6 Å². The molecule has 2 aromatic rings. The number of rotatable bonds is 7. The largest absolute Gasteiger partial charge is 0.474 e. The Labute approximate surface area is 219 Å². The Bertz CT molecular complexity index is 1270. The van der Waals surface area contributed by atoms with Crippen LogP contribution < -0.4 is 10.1 Å². The van der Waals surface area contributed by atoms with Crippen LogP contribution >= 0.6 is 0 Å². The van der Waals surface area contributed by atoms with Crippen LogP contribution in [0.2, 0.25) is 0 Å². The van der Waals surface area contributed by atoms with Gasteiger partial charge in [-0.3, -0.25) is 4.79 Å². The molecule has 0 spiro atoms. The van der Waals surface area contributed by atoms with Crippen LogP contribution in [0.3, 0.4) is 0 Å². The van der Waals surface area contributed by atoms with Crippen molar-refractivity contribution in [1.82, 2.24) is 15.2 Å². The highest BCUT2D eigenvalue weighted by molar-refractivity contribution is 5.81. The summed E-state index contributed by atoms with van der Waals surface area (Å²) in [5.74, 6) is -2.58. The first-order valence-electron chi connectivity index (χ1n) is 11.5. The number of fused-ring (bicyclic) bond motifs is 5. The van der Waals surface area contributed by atoms with E-state index in [-0.39, 0.29) is 24.8 Å². The topological polar surface area (TPSA) is 99.4 Å². The molecule has 14 heteroatoms. The molecule has 1 aliphatic heterocycles. The third kappa shape index (κ3) is 6.56. The normalized spacial score (nSPS) is 21.3. The summed E-state index contributed by atoms with van der Waals surface area (Å²) in [4.78, 5) is 15.0. The number of carbonyl (C=O) groups excluding carboxylic acids is 1. The van der Waals surface area contributed by atoms with E-state index in [1.807, 2.05) is 5.32 Å². The summed E-state index contributed by atoms with van der Waals surface area (Å²) >= 11 is 0. The van der Waals surface area contributed by atoms with E-state index in [9.17, 15) is 31.1 Å². The van der Waals surface area contributed by atoms with E-state index < -0.39 is 71.7 Å². The number of alkyl halides is 6. The van der Waals surface area contributed by atoms with Crippen molar-refractivity contribution in [2.75, 3.05) is 11.9 Å². The molecule has 1 aliphatic rings. The predicted molar refractivity (Wildman–Crippen MR) is 127 cm³/mol. The molecule has 0 radical (unpaired) electrons. The number of pyridine rings is 1. The van der Waals surface area contributed by atoms with Gasteiger partial charge in [-0.05, 0) is 31.4 Å². The molecule has 1 N–H and O–H groups in total. The number of ether oxygens (including phenoxy) is 2. The molecule has 8 nitrogen and oxygen atoms in total. The molecule has 3 rings (SSSR count). The van der Waals surface area contributed by atoms with Gasteiger partial charge in [-0.25, -0.2) is 4.98 Å². The Hall–Kier alpha value is -3.94. The minimum Gasteiger partial charge on any atom is -0.474 e. The molecule has 1 amide bonds. The lowest BCUT2D eigenvalue weighted by Crippen LogP contribution is -2.45. The number of allylic oxidation sites excluding steroid dienone is 3. The molecule has 3 heterocycles. The SMILES string of the molecule is C=C/C=C(\C=C)COC1(C(F)(F)F)CC/C=C\C[C@@H](C)Oc2nc(c(NC=O)cc2C(F)(F)F)-c2nnc1o2. The average molecular weight is 558 g/mol. The highest BCUT2D eigenvalue weighted by Gasteiger charge is 2.61. The second-order valence-electron chi connectivity index (χ2n) is 8.38. The standard InChI is InChI=1S/C25H24F6N4O4/c1-4-9-16(5-2)13-37-23(25(29,30)31)11-8-6-7-10-15(3)38-20-17(24(26,27)28)12-18(32-14-36)19(33-20)21-34-35-22(23)39-21/h4-7,9,12,14-15H,1-2,8,10-11,13H2,3H3,(H,32,36)/b7-6-,16-9+/t15-,23?/m1/s1. The average Bonchev–Trinajstić information content (AvgIpc) is 3.34. The molecule has 2 atom stereocenters. The monoisotopic (exact) mass is 558 g/mol. The number of aromatic nitrogens is 3. The van der Waals surface area contributed by atoms with Crippen LogP contribution in [0, 0.1) is 0 Å². The van der Waals surface area contributed by atoms with Gasteiger partial charge in [-0.15, -0.1) is 10.2 Å². The molecule has 4 bridgehead atoms. The maximum Gasteiger partial charge on any atom is 0.426 e. The fourth-order valence-electron chi connectivity index (χ4n) is 3.66. The second kappa shape index (κ2) is 11.8. The first-order chi connectivity index (χ1) is 18.4. The molecular weight excluding hydrogens is 534 g/mol. The van der Waals surface area contributed by atoms with Crippen molar-refractivity contribution in [3.05, 3.63) is 66.6 Å². The molecule has 0 aliphatic carbocycles. The Morgan fingerprint density at radius 2 is 1.97 bits per heavy atom. The Kier molecular flexibility index (Phi) is 8.99. The summed E-state index contributed by atoms with van der Waals surface area (Å²) in [6.07, 6.45) is -4.64. The van der Waals surface area contributed by atoms with Crippen molar-refractivity contribution in [1.29, 1.82) is 0 Å². The van der Waals surface area contributed by atoms with E-state index in [4.69, 9.17) is 13.9 Å². The zero-order chi connectivity index (χ0) is 28.8. The molecule has 39 heavy (non-hydrogen) atoms. The van der Waals surface area contributed by atoms with Gasteiger partial charge in [0.1, 0.15) is 11.7 Å². The Balaban J connectivity index is 2.26. The molecule has 0 saturated carbocycles. The van der Waals surface area contributed by atoms with E-state index >= 15 is 0 Å². The molecule has 0 saturated heterocycles. The van der Waals surface area contributed by atoms with Crippen molar-refractivity contribution in [3.63, 3.8) is 0 Å². The van der Waals surface area contributed by atoms with Crippen LogP contribution in [-0.2, 0) is 21.3 Å². The smallest absolute Gasteiger partial charge is 0.426 e. The number of hydrogen-bond donors (Lipinski definition) is 1. The number of nitrogens with one attached hydrogen (secondary N) is 1. The number of amides is 1. The van der Waals surface area contributed by atoms with Crippen LogP contribution in [0.1, 0.15) is 37.6 Å². The van der Waals surface area contributed by atoms with Crippen molar-refractivity contribution in [2.24, 2.45) is 0 Å². The number of hydrogen-bond acceptors (Lipinski definition) is 7. The fourth-order valence-corrected chi connectivity index (χ4v) is 3.66. The number of halogens is 6. The van der Waals surface area contributed by atoms with Crippen LogP contribution in [-0.4, -0.2) is 40.5 Å². The van der Waals surface area contributed by atoms with E-state index in [2.05, 4.69) is 28.3 Å². The van der Waals surface area contributed by atoms with E-state index in [1.165, 1.54) is 37.3 Å². The minimum absolute atomic E-state index is 0.0591. The van der Waals surface area contributed by atoms with Gasteiger partial charge in [0.2, 0.25) is 17.9 Å². The van der Waals surface area contributed by atoms with E-state index in [0.29, 0.717) is 6.07 Å². The Morgan fingerprint density at radius 3 is 2.59 bits per heavy atom. The minimum atomic E-state index is -5.07. The summed E-state index contributed by atoms with van der Waals surface area (Å²) in [5.41, 5.74) is -5.22. The van der Waals surface area contributed by atoms with Crippen molar-refractivity contribution in [3.8, 4) is 17.5 Å². The van der Waals surface area contributed by atoms with Gasteiger partial charge in [-0.2, -0.15) is 26.3 Å². The van der Waals surface area contributed by atoms with Gasteiger partial charge >= 0.3 is 12.4 Å². The summed E-state index contributed by atoms with van der Waals surface area (Å²) in [7, 11) is 0. The predicted octanol–water partition coefficient (Wildman–Crippen LogP) is 6.30. The number of anilines is 1. The lowest BCUT2D eigenvalue weighted by atomic mass is 9.95. The lowest BCUT2D eigenvalue weighted by molar-refractivity contribution is -0.292. The van der Waals surface area contributed by atoms with E-state index in [1.54, 1.807) is 0 Å². The molecule has 0 aromatic carbocycles. The molecular formula is C25H24F6N4O4. The quantitative estimate of drug-likeness (QED) is 0.184. The zero-order valence-corrected chi connectivity index (χ0v) is 20.6. The first kappa shape index (κ1) is 29.6. The molecule has 0 fully saturated rings. The number of carbonyl (C=O) groups is 1. The Morgan fingerprint density at radius 1 is 1.23 bits per heavy atom. The van der Waals surface area contributed by atoms with Gasteiger partial charge in [-0.1, -0.05) is 43.5 Å². The zero-order valence-electron chi connectivity index (χ0n) is 20.6. The van der Waals surface area contributed by atoms with Gasteiger partial charge in [0.15, 0.2) is 5.69 Å². The highest BCUT2D eigenvalue weighted by atomic mass is 19.4. The van der Waals surface area contributed by atoms with Crippen LogP contribution in [0.4, 0.5) is 32.0 Å². The van der Waals surface area contributed by atoms with Crippen molar-refractivity contribution >= 4 is 12.1 Å². The summed E-state index contributed by atoms with van der Waals surface area (Å²) in [5, 5.41) is 9.19. The molecule has 1 unspecified atom stereocenters. The molecule has 210 valence electrons. The van der Waals surface area contributed by atoms with E-state index in [0.717, 1.165) is 0 Å². The summed E-state index contributed by atoms with van der Waals surface area (Å²) in [6.45, 7) is 7.95. The fraction of sp³-hybridized carbons (Fsp3) is 0.360. The van der Waals surface area contributed by atoms with Gasteiger partial charge in [0, 0.05) is 6.42 Å². The van der Waals surface area contributed by atoms with Crippen LogP contribution in [0.5, 0.6) is 5.88 Å². The maximum absolute atomic E-state index is 14.7. The first-order valence-corrected chi connectivity index (χ1v) is 11.5. The third-order valence-corrected chi connectivity index (χ3v) is 5.63. The summed E-state index contributed by atoms with van der Waals surface area (Å²) in [6, 6.07) is 0.522. The van der Waals surface area contributed by atoms with Gasteiger partial charge in [0.25, 0.3) is 11.8 Å². The molecule has 2 aromatic heterocycles.